The maximum Gasteiger partial charge on any atom is 0.311 e. The largest absolute Gasteiger partial charge is 0.456 e. The molecule has 2 bridgehead atoms. The molecule has 0 aliphatic carbocycles. The molecule has 0 amide bonds. The first-order valence-corrected chi connectivity index (χ1v) is 11.3. The first kappa shape index (κ1) is 20.8. The van der Waals surface area contributed by atoms with E-state index < -0.39 is 12.1 Å². The Morgan fingerprint density at radius 1 is 1.22 bits per heavy atom. The first-order chi connectivity index (χ1) is 15.6. The predicted molar refractivity (Wildman–Crippen MR) is 122 cm³/mol. The zero-order valence-corrected chi connectivity index (χ0v) is 18.0. The van der Waals surface area contributed by atoms with Crippen LogP contribution in [0.2, 0.25) is 0 Å². The van der Waals surface area contributed by atoms with Gasteiger partial charge in [-0.25, -0.2) is 4.39 Å². The van der Waals surface area contributed by atoms with Crippen molar-refractivity contribution >= 4 is 16.9 Å². The number of carbonyl (C=O) groups excluding carboxylic acids is 1. The van der Waals surface area contributed by atoms with Crippen molar-refractivity contribution in [1.82, 2.24) is 9.88 Å². The molecule has 164 valence electrons. The number of hydrogen-bond donors (Lipinski definition) is 0. The van der Waals surface area contributed by atoms with Gasteiger partial charge in [-0.1, -0.05) is 42.5 Å². The molecule has 0 radical (unpaired) electrons. The Hall–Kier alpha value is -3.05. The van der Waals surface area contributed by atoms with Crippen LogP contribution in [-0.4, -0.2) is 35.0 Å². The molecule has 2 aromatic carbocycles. The van der Waals surface area contributed by atoms with Gasteiger partial charge in [0.1, 0.15) is 11.9 Å². The second kappa shape index (κ2) is 8.83. The Balaban J connectivity index is 1.49. The van der Waals surface area contributed by atoms with Gasteiger partial charge >= 0.3 is 5.97 Å². The van der Waals surface area contributed by atoms with E-state index in [1.807, 2.05) is 30.3 Å². The molecule has 1 aromatic heterocycles. The number of rotatable bonds is 6. The van der Waals surface area contributed by atoms with Crippen LogP contribution < -0.4 is 0 Å². The van der Waals surface area contributed by atoms with Crippen molar-refractivity contribution in [1.29, 1.82) is 0 Å². The molecule has 3 saturated heterocycles. The lowest BCUT2D eigenvalue weighted by atomic mass is 9.73. The van der Waals surface area contributed by atoms with Crippen molar-refractivity contribution in [3.8, 4) is 0 Å². The summed E-state index contributed by atoms with van der Waals surface area (Å²) in [6.45, 7) is 5.94. The maximum atomic E-state index is 14.1. The monoisotopic (exact) mass is 430 g/mol. The van der Waals surface area contributed by atoms with Crippen LogP contribution in [0.5, 0.6) is 0 Å². The summed E-state index contributed by atoms with van der Waals surface area (Å²) in [7, 11) is 0. The van der Waals surface area contributed by atoms with Crippen LogP contribution >= 0.6 is 0 Å². The van der Waals surface area contributed by atoms with Gasteiger partial charge in [0, 0.05) is 23.7 Å². The number of ether oxygens (including phenoxy) is 1. The molecule has 4 heterocycles. The number of aromatic nitrogens is 1. The van der Waals surface area contributed by atoms with Crippen LogP contribution in [0.15, 0.2) is 73.4 Å². The number of piperidine rings is 3. The molecule has 3 fully saturated rings. The molecule has 3 aliphatic heterocycles. The van der Waals surface area contributed by atoms with Gasteiger partial charge in [-0.2, -0.15) is 0 Å². The fourth-order valence-corrected chi connectivity index (χ4v) is 5.39. The van der Waals surface area contributed by atoms with Crippen molar-refractivity contribution in [2.24, 2.45) is 11.8 Å². The quantitative estimate of drug-likeness (QED) is 0.403. The van der Waals surface area contributed by atoms with Crippen molar-refractivity contribution in [2.45, 2.75) is 31.4 Å². The van der Waals surface area contributed by atoms with E-state index in [4.69, 9.17) is 4.74 Å². The number of fused-ring (bicyclic) bond motifs is 4. The van der Waals surface area contributed by atoms with Crippen LogP contribution in [0.3, 0.4) is 0 Å². The molecule has 0 spiro atoms. The van der Waals surface area contributed by atoms with Crippen LogP contribution in [-0.2, 0) is 16.0 Å². The Bertz CT molecular complexity index is 1140. The van der Waals surface area contributed by atoms with E-state index in [0.29, 0.717) is 17.4 Å². The highest BCUT2D eigenvalue weighted by molar-refractivity contribution is 5.83. The van der Waals surface area contributed by atoms with Gasteiger partial charge in [-0.15, -0.1) is 6.58 Å². The summed E-state index contributed by atoms with van der Waals surface area (Å²) < 4.78 is 20.3. The van der Waals surface area contributed by atoms with Gasteiger partial charge < -0.3 is 4.74 Å². The van der Waals surface area contributed by atoms with E-state index in [1.165, 1.54) is 6.07 Å². The molecule has 3 aromatic rings. The van der Waals surface area contributed by atoms with Crippen LogP contribution in [0, 0.1) is 17.7 Å². The molecular weight excluding hydrogens is 403 g/mol. The normalized spacial score (nSPS) is 25.4. The standard InChI is InChI=1S/C27H27FN2O2/c1-2-18-17-30-14-12-19(18)15-25(30)27(22-11-13-29-24-10-6-4-8-21(22)24)32-26(31)16-20-7-3-5-9-23(20)28/h2-11,13,18-19,25,27H,1,12,14-17H2/t18-,19+,25+,27-/m0/s1. The summed E-state index contributed by atoms with van der Waals surface area (Å²) >= 11 is 0. The Kier molecular flexibility index (Phi) is 5.75. The van der Waals surface area contributed by atoms with Crippen molar-refractivity contribution in [3.63, 3.8) is 0 Å². The smallest absolute Gasteiger partial charge is 0.311 e. The zero-order valence-electron chi connectivity index (χ0n) is 18.0. The van der Waals surface area contributed by atoms with Crippen molar-refractivity contribution in [3.05, 3.63) is 90.4 Å². The molecule has 0 saturated carbocycles. The lowest BCUT2D eigenvalue weighted by Gasteiger charge is -2.51. The third-order valence-corrected chi connectivity index (χ3v) is 7.04. The summed E-state index contributed by atoms with van der Waals surface area (Å²) in [6.07, 6.45) is 5.41. The third kappa shape index (κ3) is 3.93. The molecule has 5 atom stereocenters. The third-order valence-electron chi connectivity index (χ3n) is 7.04. The fraction of sp³-hybridized carbons (Fsp3) is 0.333. The Morgan fingerprint density at radius 3 is 2.81 bits per heavy atom. The maximum absolute atomic E-state index is 14.1. The number of para-hydroxylation sites is 1. The van der Waals surface area contributed by atoms with E-state index in [1.54, 1.807) is 24.4 Å². The van der Waals surface area contributed by atoms with E-state index >= 15 is 0 Å². The summed E-state index contributed by atoms with van der Waals surface area (Å²) in [5.74, 6) is 0.223. The molecule has 6 rings (SSSR count). The van der Waals surface area contributed by atoms with E-state index in [0.717, 1.165) is 42.4 Å². The molecule has 4 nitrogen and oxygen atoms in total. The lowest BCUT2D eigenvalue weighted by Crippen LogP contribution is -2.55. The fourth-order valence-electron chi connectivity index (χ4n) is 5.39. The predicted octanol–water partition coefficient (Wildman–Crippen LogP) is 5.10. The van der Waals surface area contributed by atoms with Gasteiger partial charge in [0.25, 0.3) is 0 Å². The molecule has 1 unspecified atom stereocenters. The number of nitrogens with zero attached hydrogens (tertiary/aromatic N) is 2. The van der Waals surface area contributed by atoms with Crippen molar-refractivity contribution in [2.75, 3.05) is 13.1 Å². The number of esters is 1. The first-order valence-electron chi connectivity index (χ1n) is 11.3. The molecular formula is C27H27FN2O2. The summed E-state index contributed by atoms with van der Waals surface area (Å²) in [6, 6.07) is 16.3. The second-order valence-corrected chi connectivity index (χ2v) is 8.84. The van der Waals surface area contributed by atoms with Gasteiger partial charge in [-0.3, -0.25) is 14.7 Å². The molecule has 3 aliphatic rings. The minimum absolute atomic E-state index is 0.0836. The van der Waals surface area contributed by atoms with Crippen LogP contribution in [0.1, 0.15) is 30.1 Å². The number of pyridine rings is 1. The van der Waals surface area contributed by atoms with Gasteiger partial charge in [0.2, 0.25) is 0 Å². The minimum atomic E-state index is -0.435. The summed E-state index contributed by atoms with van der Waals surface area (Å²) in [5.41, 5.74) is 2.19. The van der Waals surface area contributed by atoms with Gasteiger partial charge in [-0.05, 0) is 55.0 Å². The van der Waals surface area contributed by atoms with E-state index in [2.05, 4.69) is 22.5 Å². The topological polar surface area (TPSA) is 42.4 Å². The number of hydrogen-bond acceptors (Lipinski definition) is 4. The lowest BCUT2D eigenvalue weighted by molar-refractivity contribution is -0.156. The minimum Gasteiger partial charge on any atom is -0.456 e. The summed E-state index contributed by atoms with van der Waals surface area (Å²) in [4.78, 5) is 19.9. The molecule has 5 heteroatoms. The summed E-state index contributed by atoms with van der Waals surface area (Å²) in [5, 5.41) is 0.988. The van der Waals surface area contributed by atoms with Gasteiger partial charge in [0.15, 0.2) is 0 Å². The van der Waals surface area contributed by atoms with Crippen LogP contribution in [0.25, 0.3) is 10.9 Å². The van der Waals surface area contributed by atoms with E-state index in [-0.39, 0.29) is 18.3 Å². The Morgan fingerprint density at radius 2 is 2.03 bits per heavy atom. The number of benzene rings is 2. The zero-order chi connectivity index (χ0) is 22.1. The average molecular weight is 431 g/mol. The number of halogens is 1. The molecule has 32 heavy (non-hydrogen) atoms. The average Bonchev–Trinajstić information content (AvgIpc) is 2.84. The second-order valence-electron chi connectivity index (χ2n) is 8.84. The van der Waals surface area contributed by atoms with Crippen molar-refractivity contribution < 1.29 is 13.9 Å². The number of carbonyl (C=O) groups is 1. The van der Waals surface area contributed by atoms with Crippen LogP contribution in [0.4, 0.5) is 4.39 Å². The SMILES string of the molecule is C=C[C@H]1CN2CC[C@@H]1C[C@@H]2[C@@H](OC(=O)Cc1ccccc1F)c1ccnc2ccccc12. The Labute approximate surface area is 187 Å². The van der Waals surface area contributed by atoms with Gasteiger partial charge in [0.05, 0.1) is 18.0 Å². The highest BCUT2D eigenvalue weighted by atomic mass is 19.1. The highest BCUT2D eigenvalue weighted by Gasteiger charge is 2.44. The van der Waals surface area contributed by atoms with E-state index in [9.17, 15) is 9.18 Å². The highest BCUT2D eigenvalue weighted by Crippen LogP contribution is 2.43. The molecule has 0 N–H and O–H groups in total.